The molecule has 0 aliphatic carbocycles. The fourth-order valence-electron chi connectivity index (χ4n) is 3.14. The Balaban J connectivity index is 1.78. The molecule has 0 unspecified atom stereocenters. The highest BCUT2D eigenvalue weighted by molar-refractivity contribution is 5.78. The average molecular weight is 352 g/mol. The molecule has 0 fully saturated rings. The topological polar surface area (TPSA) is 42.3 Å². The predicted molar refractivity (Wildman–Crippen MR) is 108 cm³/mol. The molecule has 1 aromatic heterocycles. The Bertz CT molecular complexity index is 822. The first kappa shape index (κ1) is 18.3. The molecular formula is C21H28N4O. The zero-order chi connectivity index (χ0) is 18.4. The molecule has 26 heavy (non-hydrogen) atoms. The van der Waals surface area contributed by atoms with Gasteiger partial charge in [-0.3, -0.25) is 0 Å². The zero-order valence-electron chi connectivity index (χ0n) is 15.9. The van der Waals surface area contributed by atoms with E-state index in [4.69, 9.17) is 9.72 Å². The first-order valence-electron chi connectivity index (χ1n) is 9.29. The van der Waals surface area contributed by atoms with Gasteiger partial charge >= 0.3 is 0 Å². The number of nitrogens with one attached hydrogen (secondary N) is 1. The number of nitrogens with zero attached hydrogens (tertiary/aromatic N) is 3. The summed E-state index contributed by atoms with van der Waals surface area (Å²) in [5.74, 6) is 1.80. The smallest absolute Gasteiger partial charge is 0.204 e. The van der Waals surface area contributed by atoms with Crippen molar-refractivity contribution in [2.45, 2.75) is 26.9 Å². The molecule has 3 aromatic rings. The average Bonchev–Trinajstić information content (AvgIpc) is 3.05. The number of hydrogen-bond acceptors (Lipinski definition) is 4. The minimum Gasteiger partial charge on any atom is -0.497 e. The van der Waals surface area contributed by atoms with E-state index >= 15 is 0 Å². The van der Waals surface area contributed by atoms with Crippen LogP contribution in [0, 0.1) is 0 Å². The van der Waals surface area contributed by atoms with Gasteiger partial charge in [0.15, 0.2) is 0 Å². The molecule has 2 aromatic carbocycles. The van der Waals surface area contributed by atoms with Gasteiger partial charge in [-0.1, -0.05) is 38.1 Å². The highest BCUT2D eigenvalue weighted by Gasteiger charge is 2.11. The third-order valence-electron chi connectivity index (χ3n) is 4.80. The minimum atomic E-state index is 0.735. The van der Waals surface area contributed by atoms with Crippen molar-refractivity contribution in [1.82, 2.24) is 14.5 Å². The van der Waals surface area contributed by atoms with E-state index in [-0.39, 0.29) is 0 Å². The Morgan fingerprint density at radius 1 is 1.04 bits per heavy atom. The summed E-state index contributed by atoms with van der Waals surface area (Å²) >= 11 is 0. The van der Waals surface area contributed by atoms with E-state index in [1.165, 1.54) is 11.1 Å². The van der Waals surface area contributed by atoms with Crippen LogP contribution in [0.5, 0.6) is 5.75 Å². The van der Waals surface area contributed by atoms with Crippen molar-refractivity contribution in [1.29, 1.82) is 0 Å². The lowest BCUT2D eigenvalue weighted by Crippen LogP contribution is -2.27. The summed E-state index contributed by atoms with van der Waals surface area (Å²) in [6.07, 6.45) is 0. The molecule has 3 rings (SSSR count). The van der Waals surface area contributed by atoms with Gasteiger partial charge in [-0.05, 0) is 42.9 Å². The van der Waals surface area contributed by atoms with Crippen molar-refractivity contribution >= 4 is 17.0 Å². The monoisotopic (exact) mass is 352 g/mol. The second-order valence-electron chi connectivity index (χ2n) is 6.30. The first-order chi connectivity index (χ1) is 12.7. The van der Waals surface area contributed by atoms with Gasteiger partial charge in [0.1, 0.15) is 5.75 Å². The van der Waals surface area contributed by atoms with E-state index in [9.17, 15) is 0 Å². The van der Waals surface area contributed by atoms with Gasteiger partial charge in [0.25, 0.3) is 0 Å². The summed E-state index contributed by atoms with van der Waals surface area (Å²) in [7, 11) is 1.69. The molecular weight excluding hydrogens is 324 g/mol. The number of ether oxygens (including phenoxy) is 1. The Kier molecular flexibility index (Phi) is 6.12. The van der Waals surface area contributed by atoms with Crippen molar-refractivity contribution < 1.29 is 4.74 Å². The molecule has 0 saturated carbocycles. The van der Waals surface area contributed by atoms with Gasteiger partial charge in [-0.2, -0.15) is 0 Å². The summed E-state index contributed by atoms with van der Waals surface area (Å²) < 4.78 is 7.51. The standard InChI is InChI=1S/C21H28N4O/c1-4-24(5-2)14-15-25-20-9-7-6-8-19(20)23-21(25)22-16-17-10-12-18(26-3)13-11-17/h6-13H,4-5,14-16H2,1-3H3,(H,22,23). The number of anilines is 1. The number of benzene rings is 2. The van der Waals surface area contributed by atoms with Crippen LogP contribution in [-0.4, -0.2) is 41.2 Å². The number of para-hydroxylation sites is 2. The van der Waals surface area contributed by atoms with Gasteiger partial charge in [-0.15, -0.1) is 0 Å². The van der Waals surface area contributed by atoms with Crippen LogP contribution >= 0.6 is 0 Å². The fraction of sp³-hybridized carbons (Fsp3) is 0.381. The summed E-state index contributed by atoms with van der Waals surface area (Å²) in [5.41, 5.74) is 3.41. The van der Waals surface area contributed by atoms with E-state index in [2.05, 4.69) is 59.0 Å². The van der Waals surface area contributed by atoms with Crippen molar-refractivity contribution in [2.75, 3.05) is 32.1 Å². The van der Waals surface area contributed by atoms with Gasteiger partial charge < -0.3 is 19.5 Å². The van der Waals surface area contributed by atoms with Crippen LogP contribution in [0.15, 0.2) is 48.5 Å². The highest BCUT2D eigenvalue weighted by atomic mass is 16.5. The van der Waals surface area contributed by atoms with Crippen molar-refractivity contribution in [2.24, 2.45) is 0 Å². The molecule has 0 spiro atoms. The van der Waals surface area contributed by atoms with Gasteiger partial charge in [-0.25, -0.2) is 4.98 Å². The molecule has 5 nitrogen and oxygen atoms in total. The lowest BCUT2D eigenvalue weighted by molar-refractivity contribution is 0.292. The maximum absolute atomic E-state index is 5.23. The first-order valence-corrected chi connectivity index (χ1v) is 9.29. The lowest BCUT2D eigenvalue weighted by Gasteiger charge is -2.19. The summed E-state index contributed by atoms with van der Waals surface area (Å²) in [6.45, 7) is 9.22. The summed E-state index contributed by atoms with van der Waals surface area (Å²) in [5, 5.41) is 3.51. The lowest BCUT2D eigenvalue weighted by atomic mass is 10.2. The highest BCUT2D eigenvalue weighted by Crippen LogP contribution is 2.20. The van der Waals surface area contributed by atoms with Crippen LogP contribution in [-0.2, 0) is 13.1 Å². The molecule has 5 heteroatoms. The van der Waals surface area contributed by atoms with E-state index in [0.29, 0.717) is 0 Å². The van der Waals surface area contributed by atoms with Crippen LogP contribution in [0.1, 0.15) is 19.4 Å². The number of rotatable bonds is 9. The van der Waals surface area contributed by atoms with E-state index in [1.807, 2.05) is 18.2 Å². The van der Waals surface area contributed by atoms with E-state index in [1.54, 1.807) is 7.11 Å². The molecule has 1 N–H and O–H groups in total. The van der Waals surface area contributed by atoms with Gasteiger partial charge in [0, 0.05) is 19.6 Å². The Morgan fingerprint density at radius 3 is 2.46 bits per heavy atom. The molecule has 0 aliphatic rings. The molecule has 138 valence electrons. The minimum absolute atomic E-state index is 0.735. The molecule has 0 amide bonds. The molecule has 1 heterocycles. The zero-order valence-corrected chi connectivity index (χ0v) is 15.9. The molecule has 0 saturated heterocycles. The number of imidazole rings is 1. The SMILES string of the molecule is CCN(CC)CCn1c(NCc2ccc(OC)cc2)nc2ccccc21. The second-order valence-corrected chi connectivity index (χ2v) is 6.30. The maximum Gasteiger partial charge on any atom is 0.204 e. The number of aromatic nitrogens is 2. The Labute approximate surface area is 155 Å². The summed E-state index contributed by atoms with van der Waals surface area (Å²) in [4.78, 5) is 7.23. The van der Waals surface area contributed by atoms with Crippen LogP contribution in [0.25, 0.3) is 11.0 Å². The number of hydrogen-bond donors (Lipinski definition) is 1. The number of fused-ring (bicyclic) bond motifs is 1. The third kappa shape index (κ3) is 4.17. The fourth-order valence-corrected chi connectivity index (χ4v) is 3.14. The second kappa shape index (κ2) is 8.72. The quantitative estimate of drug-likeness (QED) is 0.632. The number of methoxy groups -OCH3 is 1. The normalized spacial score (nSPS) is 11.2. The van der Waals surface area contributed by atoms with Gasteiger partial charge in [0.05, 0.1) is 18.1 Å². The molecule has 0 bridgehead atoms. The number of likely N-dealkylation sites (N-methyl/N-ethyl adjacent to an activating group) is 1. The predicted octanol–water partition coefficient (Wildman–Crippen LogP) is 4.00. The maximum atomic E-state index is 5.23. The molecule has 0 radical (unpaired) electrons. The van der Waals surface area contributed by atoms with Crippen LogP contribution in [0.3, 0.4) is 0 Å². The van der Waals surface area contributed by atoms with E-state index < -0.39 is 0 Å². The molecule has 0 atom stereocenters. The van der Waals surface area contributed by atoms with Crippen molar-refractivity contribution in [3.8, 4) is 5.75 Å². The van der Waals surface area contributed by atoms with Crippen LogP contribution in [0.2, 0.25) is 0 Å². The largest absolute Gasteiger partial charge is 0.497 e. The Hall–Kier alpha value is -2.53. The van der Waals surface area contributed by atoms with E-state index in [0.717, 1.165) is 49.9 Å². The van der Waals surface area contributed by atoms with Crippen molar-refractivity contribution in [3.63, 3.8) is 0 Å². The van der Waals surface area contributed by atoms with Gasteiger partial charge in [0.2, 0.25) is 5.95 Å². The van der Waals surface area contributed by atoms with Crippen LogP contribution < -0.4 is 10.1 Å². The molecule has 0 aliphatic heterocycles. The third-order valence-corrected chi connectivity index (χ3v) is 4.80. The Morgan fingerprint density at radius 2 is 1.77 bits per heavy atom. The summed E-state index contributed by atoms with van der Waals surface area (Å²) in [6, 6.07) is 16.5. The van der Waals surface area contributed by atoms with Crippen molar-refractivity contribution in [3.05, 3.63) is 54.1 Å². The van der Waals surface area contributed by atoms with Crippen LogP contribution in [0.4, 0.5) is 5.95 Å².